The van der Waals surface area contributed by atoms with Crippen molar-refractivity contribution in [2.45, 2.75) is 33.2 Å². The molecule has 0 aromatic heterocycles. The van der Waals surface area contributed by atoms with Crippen molar-refractivity contribution >= 4 is 11.8 Å². The van der Waals surface area contributed by atoms with E-state index in [1.807, 2.05) is 32.0 Å². The van der Waals surface area contributed by atoms with Gasteiger partial charge in [0.1, 0.15) is 6.42 Å². The maximum atomic E-state index is 12.1. The summed E-state index contributed by atoms with van der Waals surface area (Å²) < 4.78 is 0. The number of nitrogens with zero attached hydrogens (tertiary/aromatic N) is 1. The zero-order valence-corrected chi connectivity index (χ0v) is 12.2. The Morgan fingerprint density at radius 1 is 1.25 bits per heavy atom. The molecule has 4 nitrogen and oxygen atoms in total. The van der Waals surface area contributed by atoms with E-state index in [2.05, 4.69) is 11.4 Å². The highest BCUT2D eigenvalue weighted by Crippen LogP contribution is 2.18. The van der Waals surface area contributed by atoms with E-state index in [0.717, 1.165) is 6.42 Å². The third-order valence-corrected chi connectivity index (χ3v) is 3.50. The smallest absolute Gasteiger partial charge is 0.232 e. The van der Waals surface area contributed by atoms with Crippen LogP contribution in [0.25, 0.3) is 0 Å². The molecule has 2 rings (SSSR count). The molecule has 0 saturated heterocycles. The van der Waals surface area contributed by atoms with E-state index in [1.165, 1.54) is 11.1 Å². The van der Waals surface area contributed by atoms with Crippen molar-refractivity contribution in [3.05, 3.63) is 35.4 Å². The van der Waals surface area contributed by atoms with Gasteiger partial charge in [-0.25, -0.2) is 0 Å². The fraction of sp³-hybridized carbons (Fsp3) is 0.500. The van der Waals surface area contributed by atoms with Crippen LogP contribution in [0.1, 0.15) is 31.4 Å². The Labute approximate surface area is 120 Å². The summed E-state index contributed by atoms with van der Waals surface area (Å²) in [4.78, 5) is 25.6. The van der Waals surface area contributed by atoms with Crippen LogP contribution in [0.15, 0.2) is 24.3 Å². The molecule has 1 N–H and O–H groups in total. The second kappa shape index (κ2) is 6.55. The van der Waals surface area contributed by atoms with Crippen molar-refractivity contribution in [3.63, 3.8) is 0 Å². The summed E-state index contributed by atoms with van der Waals surface area (Å²) in [5, 5.41) is 2.78. The van der Waals surface area contributed by atoms with Gasteiger partial charge in [0.15, 0.2) is 0 Å². The van der Waals surface area contributed by atoms with Crippen LogP contribution in [0.2, 0.25) is 0 Å². The van der Waals surface area contributed by atoms with Crippen LogP contribution in [-0.2, 0) is 22.6 Å². The van der Waals surface area contributed by atoms with Gasteiger partial charge in [0.2, 0.25) is 11.8 Å². The summed E-state index contributed by atoms with van der Waals surface area (Å²) in [5.41, 5.74) is 2.50. The molecular formula is C16H22N2O2. The molecule has 1 aliphatic heterocycles. The van der Waals surface area contributed by atoms with Crippen molar-refractivity contribution < 1.29 is 9.59 Å². The van der Waals surface area contributed by atoms with Crippen LogP contribution in [-0.4, -0.2) is 29.8 Å². The first-order valence-electron chi connectivity index (χ1n) is 7.17. The lowest BCUT2D eigenvalue weighted by Crippen LogP contribution is -2.39. The van der Waals surface area contributed by atoms with Crippen LogP contribution in [0.5, 0.6) is 0 Å². The highest BCUT2D eigenvalue weighted by molar-refractivity contribution is 5.96. The highest BCUT2D eigenvalue weighted by Gasteiger charge is 2.22. The molecule has 1 aliphatic rings. The number of carbonyl (C=O) groups is 2. The number of amides is 2. The quantitative estimate of drug-likeness (QED) is 0.850. The van der Waals surface area contributed by atoms with E-state index in [0.29, 0.717) is 25.6 Å². The van der Waals surface area contributed by atoms with Gasteiger partial charge >= 0.3 is 0 Å². The third kappa shape index (κ3) is 3.83. The number of hydrogen-bond acceptors (Lipinski definition) is 2. The number of carbonyl (C=O) groups excluding carboxylic acids is 2. The van der Waals surface area contributed by atoms with Crippen molar-refractivity contribution in [3.8, 4) is 0 Å². The average Bonchev–Trinajstić information content (AvgIpc) is 2.44. The molecule has 0 unspecified atom stereocenters. The Kier molecular flexibility index (Phi) is 4.77. The normalized spacial score (nSPS) is 14.1. The molecule has 0 saturated carbocycles. The standard InChI is InChI=1S/C16H22N2O2/c1-12(2)10-17-15(19)9-16(20)18-8-7-13-5-3-4-6-14(13)11-18/h3-6,12H,7-11H2,1-2H3,(H,17,19). The van der Waals surface area contributed by atoms with Crippen LogP contribution in [0, 0.1) is 5.92 Å². The summed E-state index contributed by atoms with van der Waals surface area (Å²) in [7, 11) is 0. The van der Waals surface area contributed by atoms with E-state index in [-0.39, 0.29) is 18.2 Å². The van der Waals surface area contributed by atoms with Gasteiger partial charge in [-0.2, -0.15) is 0 Å². The fourth-order valence-electron chi connectivity index (χ4n) is 2.34. The summed E-state index contributed by atoms with van der Waals surface area (Å²) in [5.74, 6) is 0.138. The van der Waals surface area contributed by atoms with Gasteiger partial charge in [-0.1, -0.05) is 38.1 Å². The molecule has 0 bridgehead atoms. The van der Waals surface area contributed by atoms with Gasteiger partial charge in [0.05, 0.1) is 0 Å². The SMILES string of the molecule is CC(C)CNC(=O)CC(=O)N1CCc2ccccc2C1. The first-order valence-corrected chi connectivity index (χ1v) is 7.17. The second-order valence-corrected chi connectivity index (χ2v) is 5.71. The van der Waals surface area contributed by atoms with E-state index in [1.54, 1.807) is 4.90 Å². The van der Waals surface area contributed by atoms with Gasteiger partial charge in [-0.15, -0.1) is 0 Å². The molecule has 20 heavy (non-hydrogen) atoms. The summed E-state index contributed by atoms with van der Waals surface area (Å²) in [6.07, 6.45) is 0.824. The summed E-state index contributed by atoms with van der Waals surface area (Å²) in [6, 6.07) is 8.16. The van der Waals surface area contributed by atoms with Gasteiger partial charge in [-0.3, -0.25) is 9.59 Å². The molecule has 4 heteroatoms. The molecule has 0 aliphatic carbocycles. The molecule has 1 aromatic rings. The Balaban J connectivity index is 1.87. The van der Waals surface area contributed by atoms with Gasteiger partial charge in [0.25, 0.3) is 0 Å². The lowest BCUT2D eigenvalue weighted by Gasteiger charge is -2.28. The van der Waals surface area contributed by atoms with Crippen LogP contribution in [0.3, 0.4) is 0 Å². The second-order valence-electron chi connectivity index (χ2n) is 5.71. The maximum absolute atomic E-state index is 12.1. The topological polar surface area (TPSA) is 49.4 Å². The van der Waals surface area contributed by atoms with Crippen molar-refractivity contribution in [2.75, 3.05) is 13.1 Å². The highest BCUT2D eigenvalue weighted by atomic mass is 16.2. The van der Waals surface area contributed by atoms with Crippen LogP contribution < -0.4 is 5.32 Å². The number of fused-ring (bicyclic) bond motifs is 1. The summed E-state index contributed by atoms with van der Waals surface area (Å²) in [6.45, 7) is 6.00. The minimum absolute atomic E-state index is 0.0467. The van der Waals surface area contributed by atoms with Crippen LogP contribution in [0.4, 0.5) is 0 Å². The van der Waals surface area contributed by atoms with Crippen molar-refractivity contribution in [1.29, 1.82) is 0 Å². The Morgan fingerprint density at radius 3 is 2.65 bits per heavy atom. The van der Waals surface area contributed by atoms with E-state index >= 15 is 0 Å². The summed E-state index contributed by atoms with van der Waals surface area (Å²) >= 11 is 0. The lowest BCUT2D eigenvalue weighted by molar-refractivity contribution is -0.136. The number of rotatable bonds is 4. The predicted octanol–water partition coefficient (Wildman–Crippen LogP) is 1.73. The lowest BCUT2D eigenvalue weighted by atomic mass is 10.00. The predicted molar refractivity (Wildman–Crippen MR) is 78.0 cm³/mol. The van der Waals surface area contributed by atoms with E-state index in [4.69, 9.17) is 0 Å². The molecule has 0 radical (unpaired) electrons. The molecule has 108 valence electrons. The largest absolute Gasteiger partial charge is 0.355 e. The van der Waals surface area contributed by atoms with Crippen LogP contribution >= 0.6 is 0 Å². The molecule has 1 aromatic carbocycles. The first kappa shape index (κ1) is 14.6. The van der Waals surface area contributed by atoms with Gasteiger partial charge < -0.3 is 10.2 Å². The Hall–Kier alpha value is -1.84. The molecule has 2 amide bonds. The van der Waals surface area contributed by atoms with Crippen molar-refractivity contribution in [2.24, 2.45) is 5.92 Å². The average molecular weight is 274 g/mol. The molecular weight excluding hydrogens is 252 g/mol. The maximum Gasteiger partial charge on any atom is 0.232 e. The zero-order valence-electron chi connectivity index (χ0n) is 12.2. The fourth-order valence-corrected chi connectivity index (χ4v) is 2.34. The Morgan fingerprint density at radius 2 is 1.95 bits per heavy atom. The zero-order chi connectivity index (χ0) is 14.5. The van der Waals surface area contributed by atoms with Crippen molar-refractivity contribution in [1.82, 2.24) is 10.2 Å². The first-order chi connectivity index (χ1) is 9.56. The number of nitrogens with one attached hydrogen (secondary N) is 1. The monoisotopic (exact) mass is 274 g/mol. The van der Waals surface area contributed by atoms with E-state index in [9.17, 15) is 9.59 Å². The number of hydrogen-bond donors (Lipinski definition) is 1. The number of benzene rings is 1. The molecule has 0 spiro atoms. The van der Waals surface area contributed by atoms with Gasteiger partial charge in [-0.05, 0) is 23.5 Å². The van der Waals surface area contributed by atoms with E-state index < -0.39 is 0 Å². The Bertz CT molecular complexity index is 497. The van der Waals surface area contributed by atoms with Gasteiger partial charge in [0, 0.05) is 19.6 Å². The molecule has 0 fully saturated rings. The third-order valence-electron chi connectivity index (χ3n) is 3.50. The minimum Gasteiger partial charge on any atom is -0.355 e. The molecule has 0 atom stereocenters. The molecule has 1 heterocycles. The minimum atomic E-state index is -0.178.